The molecule has 0 radical (unpaired) electrons. The highest BCUT2D eigenvalue weighted by molar-refractivity contribution is 5.57. The SMILES string of the molecule is CCCCN1C[C@H](O)[C@H](O)[C@@H](O)[C@H](OC(=O)O)C1. The molecule has 1 rings (SSSR count). The van der Waals surface area contributed by atoms with E-state index in [1.54, 1.807) is 4.90 Å². The first kappa shape index (κ1) is 15.2. The number of hydrogen-bond donors (Lipinski definition) is 4. The highest BCUT2D eigenvalue weighted by Crippen LogP contribution is 2.16. The van der Waals surface area contributed by atoms with Gasteiger partial charge < -0.3 is 25.2 Å². The van der Waals surface area contributed by atoms with Gasteiger partial charge in [-0.05, 0) is 13.0 Å². The summed E-state index contributed by atoms with van der Waals surface area (Å²) in [5.74, 6) is 0. The van der Waals surface area contributed by atoms with Crippen molar-refractivity contribution in [3.8, 4) is 0 Å². The Bertz CT molecular complexity index is 274. The van der Waals surface area contributed by atoms with Gasteiger partial charge in [0.05, 0.1) is 6.10 Å². The van der Waals surface area contributed by atoms with Crippen LogP contribution in [0.1, 0.15) is 19.8 Å². The summed E-state index contributed by atoms with van der Waals surface area (Å²) in [5.41, 5.74) is 0. The van der Waals surface area contributed by atoms with Crippen LogP contribution in [0.3, 0.4) is 0 Å². The van der Waals surface area contributed by atoms with Crippen molar-refractivity contribution in [1.82, 2.24) is 4.90 Å². The van der Waals surface area contributed by atoms with E-state index in [2.05, 4.69) is 4.74 Å². The Hall–Kier alpha value is -0.890. The Kier molecular flexibility index (Phi) is 5.80. The molecule has 0 unspecified atom stereocenters. The molecule has 7 heteroatoms. The van der Waals surface area contributed by atoms with Crippen molar-refractivity contribution in [3.63, 3.8) is 0 Å². The molecule has 0 aromatic rings. The largest absolute Gasteiger partial charge is 0.506 e. The zero-order valence-electron chi connectivity index (χ0n) is 10.4. The Morgan fingerprint density at radius 3 is 2.50 bits per heavy atom. The maximum Gasteiger partial charge on any atom is 0.506 e. The monoisotopic (exact) mass is 263 g/mol. The van der Waals surface area contributed by atoms with E-state index in [9.17, 15) is 20.1 Å². The van der Waals surface area contributed by atoms with Crippen LogP contribution in [0, 0.1) is 0 Å². The predicted molar refractivity (Wildman–Crippen MR) is 62.3 cm³/mol. The number of aliphatic hydroxyl groups is 3. The highest BCUT2D eigenvalue weighted by Gasteiger charge is 2.39. The third-order valence-corrected chi connectivity index (χ3v) is 3.09. The van der Waals surface area contributed by atoms with Gasteiger partial charge in [0, 0.05) is 13.1 Å². The normalized spacial score (nSPS) is 34.0. The summed E-state index contributed by atoms with van der Waals surface area (Å²) < 4.78 is 4.57. The number of carbonyl (C=O) groups is 1. The summed E-state index contributed by atoms with van der Waals surface area (Å²) >= 11 is 0. The highest BCUT2D eigenvalue weighted by atomic mass is 16.7. The van der Waals surface area contributed by atoms with Crippen LogP contribution in [0.15, 0.2) is 0 Å². The van der Waals surface area contributed by atoms with E-state index in [1.165, 1.54) is 0 Å². The maximum atomic E-state index is 10.5. The van der Waals surface area contributed by atoms with Gasteiger partial charge in [0.1, 0.15) is 18.3 Å². The average Bonchev–Trinajstić information content (AvgIpc) is 2.40. The molecule has 1 fully saturated rings. The van der Waals surface area contributed by atoms with Crippen LogP contribution < -0.4 is 0 Å². The zero-order chi connectivity index (χ0) is 13.7. The van der Waals surface area contributed by atoms with Crippen molar-refractivity contribution >= 4 is 6.16 Å². The van der Waals surface area contributed by atoms with Crippen molar-refractivity contribution in [2.24, 2.45) is 0 Å². The Balaban J connectivity index is 2.71. The van der Waals surface area contributed by atoms with Gasteiger partial charge >= 0.3 is 6.16 Å². The van der Waals surface area contributed by atoms with Crippen LogP contribution in [0.5, 0.6) is 0 Å². The second-order valence-corrected chi connectivity index (χ2v) is 4.58. The zero-order valence-corrected chi connectivity index (χ0v) is 10.4. The molecule has 1 heterocycles. The molecule has 0 aromatic heterocycles. The van der Waals surface area contributed by atoms with Gasteiger partial charge in [0.2, 0.25) is 0 Å². The third-order valence-electron chi connectivity index (χ3n) is 3.09. The number of carboxylic acid groups (broad SMARTS) is 1. The molecule has 0 spiro atoms. The molecule has 1 aliphatic heterocycles. The fourth-order valence-electron chi connectivity index (χ4n) is 2.06. The number of nitrogens with zero attached hydrogens (tertiary/aromatic N) is 1. The van der Waals surface area contributed by atoms with Gasteiger partial charge in [-0.2, -0.15) is 0 Å². The minimum absolute atomic E-state index is 0.168. The number of rotatable bonds is 4. The number of unbranched alkanes of at least 4 members (excludes halogenated alkanes) is 1. The minimum Gasteiger partial charge on any atom is -0.450 e. The maximum absolute atomic E-state index is 10.5. The fraction of sp³-hybridized carbons (Fsp3) is 0.909. The Morgan fingerprint density at radius 2 is 1.94 bits per heavy atom. The van der Waals surface area contributed by atoms with Crippen LogP contribution in [0.2, 0.25) is 0 Å². The molecule has 106 valence electrons. The van der Waals surface area contributed by atoms with Crippen LogP contribution in [0.25, 0.3) is 0 Å². The van der Waals surface area contributed by atoms with Gasteiger partial charge in [0.15, 0.2) is 0 Å². The molecule has 4 atom stereocenters. The second-order valence-electron chi connectivity index (χ2n) is 4.58. The van der Waals surface area contributed by atoms with E-state index in [4.69, 9.17) is 5.11 Å². The quantitative estimate of drug-likeness (QED) is 0.494. The summed E-state index contributed by atoms with van der Waals surface area (Å²) in [4.78, 5) is 12.3. The van der Waals surface area contributed by atoms with Crippen LogP contribution in [-0.4, -0.2) is 75.5 Å². The summed E-state index contributed by atoms with van der Waals surface area (Å²) in [6.45, 7) is 3.04. The van der Waals surface area contributed by atoms with Gasteiger partial charge in [0.25, 0.3) is 0 Å². The van der Waals surface area contributed by atoms with E-state index in [0.717, 1.165) is 12.8 Å². The van der Waals surface area contributed by atoms with Gasteiger partial charge in [-0.15, -0.1) is 0 Å². The number of β-amino-alcohol motifs (C(OH)–C–C–N with tert-alkyl or cyclic N) is 1. The van der Waals surface area contributed by atoms with Gasteiger partial charge in [-0.1, -0.05) is 13.3 Å². The first-order chi connectivity index (χ1) is 8.45. The average molecular weight is 263 g/mol. The molecule has 0 amide bonds. The van der Waals surface area contributed by atoms with E-state index in [0.29, 0.717) is 6.54 Å². The molecular formula is C11H21NO6. The fourth-order valence-corrected chi connectivity index (χ4v) is 2.06. The molecule has 0 bridgehead atoms. The Labute approximate surface area is 106 Å². The predicted octanol–water partition coefficient (Wildman–Crippen LogP) is -0.752. The first-order valence-electron chi connectivity index (χ1n) is 6.11. The number of aliphatic hydroxyl groups excluding tert-OH is 3. The molecule has 1 saturated heterocycles. The van der Waals surface area contributed by atoms with Gasteiger partial charge in [-0.25, -0.2) is 4.79 Å². The summed E-state index contributed by atoms with van der Waals surface area (Å²) in [5, 5.41) is 37.7. The first-order valence-corrected chi connectivity index (χ1v) is 6.11. The van der Waals surface area contributed by atoms with Crippen molar-refractivity contribution in [2.75, 3.05) is 19.6 Å². The molecule has 4 N–H and O–H groups in total. The van der Waals surface area contributed by atoms with Crippen molar-refractivity contribution in [1.29, 1.82) is 0 Å². The van der Waals surface area contributed by atoms with Crippen LogP contribution in [0.4, 0.5) is 4.79 Å². The lowest BCUT2D eigenvalue weighted by Crippen LogP contribution is -2.45. The molecule has 1 aliphatic rings. The number of hydrogen-bond acceptors (Lipinski definition) is 6. The Morgan fingerprint density at radius 1 is 1.28 bits per heavy atom. The lowest BCUT2D eigenvalue weighted by molar-refractivity contribution is -0.0971. The molecule has 0 saturated carbocycles. The second kappa shape index (κ2) is 6.89. The molecule has 7 nitrogen and oxygen atoms in total. The lowest BCUT2D eigenvalue weighted by atomic mass is 10.1. The number of likely N-dealkylation sites (tertiary alicyclic amines) is 1. The standard InChI is InChI=1S/C11H21NO6/c1-2-3-4-12-5-7(13)9(14)10(15)8(6-12)18-11(16)17/h7-10,13-15H,2-6H2,1H3,(H,16,17)/t7-,8+,9-,10-/m0/s1. The van der Waals surface area contributed by atoms with Crippen LogP contribution in [-0.2, 0) is 4.74 Å². The molecular weight excluding hydrogens is 242 g/mol. The van der Waals surface area contributed by atoms with Crippen molar-refractivity contribution in [3.05, 3.63) is 0 Å². The third kappa shape index (κ3) is 4.09. The van der Waals surface area contributed by atoms with Crippen LogP contribution >= 0.6 is 0 Å². The van der Waals surface area contributed by atoms with Gasteiger partial charge in [-0.3, -0.25) is 4.90 Å². The van der Waals surface area contributed by atoms with E-state index < -0.39 is 30.6 Å². The molecule has 18 heavy (non-hydrogen) atoms. The van der Waals surface area contributed by atoms with Crippen molar-refractivity contribution in [2.45, 2.75) is 44.2 Å². The minimum atomic E-state index is -1.50. The summed E-state index contributed by atoms with van der Waals surface area (Å²) in [6.07, 6.45) is -4.63. The topological polar surface area (TPSA) is 110 Å². The molecule has 0 aliphatic carbocycles. The number of ether oxygens (including phenoxy) is 1. The smallest absolute Gasteiger partial charge is 0.450 e. The summed E-state index contributed by atoms with van der Waals surface area (Å²) in [7, 11) is 0. The lowest BCUT2D eigenvalue weighted by Gasteiger charge is -2.25. The van der Waals surface area contributed by atoms with Crippen molar-refractivity contribution < 1.29 is 30.0 Å². The van der Waals surface area contributed by atoms with E-state index in [1.807, 2.05) is 6.92 Å². The summed E-state index contributed by atoms with van der Waals surface area (Å²) in [6, 6.07) is 0. The van der Waals surface area contributed by atoms with E-state index in [-0.39, 0.29) is 13.1 Å². The van der Waals surface area contributed by atoms with E-state index >= 15 is 0 Å². The molecule has 0 aromatic carbocycles.